The Morgan fingerprint density at radius 3 is 3.00 bits per heavy atom. The van der Waals surface area contributed by atoms with Gasteiger partial charge >= 0.3 is 0 Å². The van der Waals surface area contributed by atoms with Gasteiger partial charge in [0.25, 0.3) is 0 Å². The van der Waals surface area contributed by atoms with Gasteiger partial charge in [-0.2, -0.15) is 0 Å². The third-order valence-electron chi connectivity index (χ3n) is 3.45. The molecule has 2 heterocycles. The van der Waals surface area contributed by atoms with Crippen LogP contribution in [0.5, 0.6) is 0 Å². The molecule has 1 aliphatic heterocycles. The monoisotopic (exact) mass is 336 g/mol. The molecule has 0 bridgehead atoms. The smallest absolute Gasteiger partial charge is 0.230 e. The van der Waals surface area contributed by atoms with E-state index in [0.29, 0.717) is 11.7 Å². The number of nitrogens with zero attached hydrogens (tertiary/aromatic N) is 2. The molecule has 1 fully saturated rings. The van der Waals surface area contributed by atoms with E-state index in [-0.39, 0.29) is 23.6 Å². The Morgan fingerprint density at radius 1 is 1.43 bits per heavy atom. The first-order valence-corrected chi connectivity index (χ1v) is 8.37. The molecule has 0 saturated carbocycles. The minimum absolute atomic E-state index is 0.0100. The lowest BCUT2D eigenvalue weighted by molar-refractivity contribution is -0.118. The lowest BCUT2D eigenvalue weighted by Crippen LogP contribution is -2.24. The maximum atomic E-state index is 12.8. The summed E-state index contributed by atoms with van der Waals surface area (Å²) < 4.78 is 18.3. The fourth-order valence-electron chi connectivity index (χ4n) is 2.24. The number of hydrogen-bond donors (Lipinski definition) is 2. The van der Waals surface area contributed by atoms with Crippen LogP contribution in [0.1, 0.15) is 30.3 Å². The van der Waals surface area contributed by atoms with Crippen LogP contribution in [0.3, 0.4) is 0 Å². The number of aromatic nitrogens is 3. The lowest BCUT2D eigenvalue weighted by atomic mass is 10.2. The van der Waals surface area contributed by atoms with Gasteiger partial charge in [0.05, 0.1) is 5.75 Å². The number of amides is 1. The van der Waals surface area contributed by atoms with Crippen molar-refractivity contribution in [2.75, 3.05) is 12.4 Å². The number of carbonyl (C=O) groups is 1. The van der Waals surface area contributed by atoms with Crippen LogP contribution in [0.4, 0.5) is 4.39 Å². The largest absolute Gasteiger partial charge is 0.370 e. The maximum Gasteiger partial charge on any atom is 0.230 e. The first-order valence-electron chi connectivity index (χ1n) is 7.38. The number of aromatic amines is 1. The molecule has 8 heteroatoms. The van der Waals surface area contributed by atoms with Gasteiger partial charge in [-0.15, -0.1) is 5.10 Å². The number of rotatable bonds is 6. The first-order chi connectivity index (χ1) is 11.2. The van der Waals surface area contributed by atoms with Crippen LogP contribution in [-0.2, 0) is 16.1 Å². The number of H-pyrrole nitrogens is 1. The molecule has 0 aliphatic carbocycles. The van der Waals surface area contributed by atoms with E-state index in [0.717, 1.165) is 30.8 Å². The van der Waals surface area contributed by atoms with E-state index < -0.39 is 0 Å². The van der Waals surface area contributed by atoms with Gasteiger partial charge < -0.3 is 10.1 Å². The van der Waals surface area contributed by atoms with Gasteiger partial charge in [-0.3, -0.25) is 9.89 Å². The SMILES string of the molecule is O=C(CSc1n[nH]c([C@@H]2CCCO2)n1)NCc1ccc(F)cc1. The molecular formula is C15H17FN4O2S. The molecule has 2 aromatic rings. The van der Waals surface area contributed by atoms with Crippen molar-refractivity contribution in [3.8, 4) is 0 Å². The Bertz CT molecular complexity index is 656. The number of halogens is 1. The molecule has 0 spiro atoms. The summed E-state index contributed by atoms with van der Waals surface area (Å²) in [5.41, 5.74) is 0.850. The number of thioether (sulfide) groups is 1. The van der Waals surface area contributed by atoms with E-state index in [4.69, 9.17) is 4.74 Å². The van der Waals surface area contributed by atoms with Gasteiger partial charge in [0.2, 0.25) is 11.1 Å². The Balaban J connectivity index is 1.42. The van der Waals surface area contributed by atoms with Gasteiger partial charge in [0, 0.05) is 13.2 Å². The minimum atomic E-state index is -0.290. The van der Waals surface area contributed by atoms with Crippen LogP contribution in [-0.4, -0.2) is 33.4 Å². The van der Waals surface area contributed by atoms with Crippen molar-refractivity contribution in [3.05, 3.63) is 41.5 Å². The highest BCUT2D eigenvalue weighted by Crippen LogP contribution is 2.26. The third-order valence-corrected chi connectivity index (χ3v) is 4.30. The van der Waals surface area contributed by atoms with E-state index in [9.17, 15) is 9.18 Å². The Morgan fingerprint density at radius 2 is 2.26 bits per heavy atom. The van der Waals surface area contributed by atoms with Crippen molar-refractivity contribution >= 4 is 17.7 Å². The molecular weight excluding hydrogens is 319 g/mol. The topological polar surface area (TPSA) is 79.9 Å². The summed E-state index contributed by atoms with van der Waals surface area (Å²) in [6.07, 6.45) is 1.96. The number of ether oxygens (including phenoxy) is 1. The molecule has 3 rings (SSSR count). The predicted molar refractivity (Wildman–Crippen MR) is 83.3 cm³/mol. The van der Waals surface area contributed by atoms with Crippen LogP contribution in [0, 0.1) is 5.82 Å². The molecule has 1 aromatic carbocycles. The second-order valence-electron chi connectivity index (χ2n) is 5.20. The average molecular weight is 336 g/mol. The normalized spacial score (nSPS) is 17.3. The van der Waals surface area contributed by atoms with E-state index in [1.807, 2.05) is 0 Å². The van der Waals surface area contributed by atoms with Gasteiger partial charge in [0.1, 0.15) is 11.9 Å². The molecule has 2 N–H and O–H groups in total. The van der Waals surface area contributed by atoms with Crippen molar-refractivity contribution in [2.24, 2.45) is 0 Å². The molecule has 0 unspecified atom stereocenters. The average Bonchev–Trinajstić information content (AvgIpc) is 3.23. The highest BCUT2D eigenvalue weighted by molar-refractivity contribution is 7.99. The minimum Gasteiger partial charge on any atom is -0.370 e. The fraction of sp³-hybridized carbons (Fsp3) is 0.400. The Hall–Kier alpha value is -1.93. The van der Waals surface area contributed by atoms with E-state index in [2.05, 4.69) is 20.5 Å². The molecule has 1 aliphatic rings. The summed E-state index contributed by atoms with van der Waals surface area (Å²) >= 11 is 1.26. The van der Waals surface area contributed by atoms with Gasteiger partial charge in [-0.25, -0.2) is 9.37 Å². The van der Waals surface area contributed by atoms with Gasteiger partial charge in [0.15, 0.2) is 5.82 Å². The van der Waals surface area contributed by atoms with E-state index in [1.54, 1.807) is 12.1 Å². The molecule has 23 heavy (non-hydrogen) atoms. The zero-order valence-electron chi connectivity index (χ0n) is 12.4. The van der Waals surface area contributed by atoms with Crippen LogP contribution in [0.15, 0.2) is 29.4 Å². The highest BCUT2D eigenvalue weighted by atomic mass is 32.2. The standard InChI is InChI=1S/C15H17FN4O2S/c16-11-5-3-10(4-6-11)8-17-13(21)9-23-15-18-14(19-20-15)12-2-1-7-22-12/h3-6,12H,1-2,7-9H2,(H,17,21)(H,18,19,20)/t12-/m0/s1. The summed E-state index contributed by atoms with van der Waals surface area (Å²) in [6.45, 7) is 1.12. The second-order valence-corrected chi connectivity index (χ2v) is 6.14. The summed E-state index contributed by atoms with van der Waals surface area (Å²) in [7, 11) is 0. The summed E-state index contributed by atoms with van der Waals surface area (Å²) in [5, 5.41) is 10.3. The quantitative estimate of drug-likeness (QED) is 0.791. The highest BCUT2D eigenvalue weighted by Gasteiger charge is 2.21. The molecule has 1 aromatic heterocycles. The van der Waals surface area contributed by atoms with Crippen molar-refractivity contribution in [3.63, 3.8) is 0 Å². The molecule has 6 nitrogen and oxygen atoms in total. The molecule has 1 saturated heterocycles. The van der Waals surface area contributed by atoms with Crippen LogP contribution < -0.4 is 5.32 Å². The van der Waals surface area contributed by atoms with Crippen molar-refractivity contribution in [1.29, 1.82) is 0 Å². The van der Waals surface area contributed by atoms with E-state index in [1.165, 1.54) is 23.9 Å². The predicted octanol–water partition coefficient (Wildman–Crippen LogP) is 2.20. The van der Waals surface area contributed by atoms with E-state index >= 15 is 0 Å². The summed E-state index contributed by atoms with van der Waals surface area (Å²) in [5.74, 6) is 0.533. The number of carbonyl (C=O) groups excluding carboxylic acids is 1. The zero-order chi connectivity index (χ0) is 16.1. The molecule has 0 radical (unpaired) electrons. The Labute approximate surface area is 137 Å². The maximum absolute atomic E-state index is 12.8. The first kappa shape index (κ1) is 15.9. The molecule has 1 atom stereocenters. The Kier molecular flexibility index (Phi) is 5.24. The van der Waals surface area contributed by atoms with Gasteiger partial charge in [-0.1, -0.05) is 23.9 Å². The summed E-state index contributed by atoms with van der Waals surface area (Å²) in [4.78, 5) is 16.2. The second kappa shape index (κ2) is 7.56. The molecule has 1 amide bonds. The number of nitrogens with one attached hydrogen (secondary N) is 2. The fourth-order valence-corrected chi connectivity index (χ4v) is 2.88. The lowest BCUT2D eigenvalue weighted by Gasteiger charge is -2.04. The number of hydrogen-bond acceptors (Lipinski definition) is 5. The van der Waals surface area contributed by atoms with Crippen molar-refractivity contribution < 1.29 is 13.9 Å². The summed E-state index contributed by atoms with van der Waals surface area (Å²) in [6, 6.07) is 6.03. The van der Waals surface area contributed by atoms with Crippen molar-refractivity contribution in [1.82, 2.24) is 20.5 Å². The zero-order valence-corrected chi connectivity index (χ0v) is 13.2. The third kappa shape index (κ3) is 4.52. The van der Waals surface area contributed by atoms with Crippen LogP contribution in [0.2, 0.25) is 0 Å². The van der Waals surface area contributed by atoms with Gasteiger partial charge in [-0.05, 0) is 30.5 Å². The van der Waals surface area contributed by atoms with Crippen LogP contribution >= 0.6 is 11.8 Å². The number of benzene rings is 1. The molecule has 122 valence electrons. The van der Waals surface area contributed by atoms with Crippen LogP contribution in [0.25, 0.3) is 0 Å². The van der Waals surface area contributed by atoms with Crippen molar-refractivity contribution in [2.45, 2.75) is 30.6 Å².